The maximum atomic E-state index is 13.5. The van der Waals surface area contributed by atoms with Crippen LogP contribution in [-0.4, -0.2) is 67.5 Å². The molecule has 2 aromatic rings. The summed E-state index contributed by atoms with van der Waals surface area (Å²) in [5.74, 6) is -0.593. The molecule has 1 aliphatic heterocycles. The molecule has 0 radical (unpaired) electrons. The van der Waals surface area contributed by atoms with Crippen LogP contribution in [-0.2, 0) is 4.79 Å². The number of carbonyl (C=O) groups is 2. The zero-order chi connectivity index (χ0) is 19.1. The van der Waals surface area contributed by atoms with E-state index >= 15 is 0 Å². The monoisotopic (exact) mass is 391 g/mol. The summed E-state index contributed by atoms with van der Waals surface area (Å²) in [6, 6.07) is 7.85. The predicted molar refractivity (Wildman–Crippen MR) is 102 cm³/mol. The molecule has 1 saturated heterocycles. The Morgan fingerprint density at radius 2 is 1.93 bits per heavy atom. The van der Waals surface area contributed by atoms with Crippen molar-refractivity contribution in [3.63, 3.8) is 0 Å². The second-order valence-corrected chi connectivity index (χ2v) is 6.99. The Kier molecular flexibility index (Phi) is 6.78. The second kappa shape index (κ2) is 9.48. The van der Waals surface area contributed by atoms with Crippen molar-refractivity contribution in [3.8, 4) is 5.75 Å². The molecule has 0 aliphatic carbocycles. The zero-order valence-electron chi connectivity index (χ0n) is 14.9. The highest BCUT2D eigenvalue weighted by Gasteiger charge is 2.21. The quantitative estimate of drug-likeness (QED) is 0.782. The fourth-order valence-electron chi connectivity index (χ4n) is 2.84. The summed E-state index contributed by atoms with van der Waals surface area (Å²) in [4.78, 5) is 28.0. The number of carbonyl (C=O) groups excluding carboxylic acids is 2. The molecule has 0 bridgehead atoms. The third-order valence-corrected chi connectivity index (χ3v) is 5.09. The van der Waals surface area contributed by atoms with Gasteiger partial charge in [0.1, 0.15) is 0 Å². The number of ether oxygens (including phenoxy) is 1. The van der Waals surface area contributed by atoms with Crippen LogP contribution in [0.2, 0.25) is 0 Å². The SMILES string of the molecule is O=C(NCCN1CCN(C(=O)COc2ccccc2F)CC1)c1ccsc1. The van der Waals surface area contributed by atoms with Crippen molar-refractivity contribution in [2.24, 2.45) is 0 Å². The molecule has 2 heterocycles. The smallest absolute Gasteiger partial charge is 0.260 e. The first-order valence-electron chi connectivity index (χ1n) is 8.81. The molecule has 6 nitrogen and oxygen atoms in total. The summed E-state index contributed by atoms with van der Waals surface area (Å²) in [6.07, 6.45) is 0. The summed E-state index contributed by atoms with van der Waals surface area (Å²) in [5.41, 5.74) is 0.685. The van der Waals surface area contributed by atoms with Crippen LogP contribution in [0.15, 0.2) is 41.1 Å². The molecule has 1 N–H and O–H groups in total. The van der Waals surface area contributed by atoms with Gasteiger partial charge in [-0.25, -0.2) is 4.39 Å². The second-order valence-electron chi connectivity index (χ2n) is 6.21. The Bertz CT molecular complexity index is 761. The van der Waals surface area contributed by atoms with E-state index in [1.54, 1.807) is 23.1 Å². The van der Waals surface area contributed by atoms with Gasteiger partial charge in [0.15, 0.2) is 18.2 Å². The first-order chi connectivity index (χ1) is 13.1. The fraction of sp³-hybridized carbons (Fsp3) is 0.368. The number of halogens is 1. The molecule has 3 rings (SSSR count). The third-order valence-electron chi connectivity index (χ3n) is 4.41. The van der Waals surface area contributed by atoms with Crippen LogP contribution in [0.25, 0.3) is 0 Å². The molecular weight excluding hydrogens is 369 g/mol. The summed E-state index contributed by atoms with van der Waals surface area (Å²) < 4.78 is 18.8. The van der Waals surface area contributed by atoms with Gasteiger partial charge in [-0.2, -0.15) is 11.3 Å². The van der Waals surface area contributed by atoms with Gasteiger partial charge in [0, 0.05) is 50.2 Å². The minimum Gasteiger partial charge on any atom is -0.481 e. The maximum absolute atomic E-state index is 13.5. The van der Waals surface area contributed by atoms with Gasteiger partial charge >= 0.3 is 0 Å². The molecule has 0 spiro atoms. The van der Waals surface area contributed by atoms with E-state index in [4.69, 9.17) is 4.74 Å². The lowest BCUT2D eigenvalue weighted by molar-refractivity contribution is -0.135. The number of amides is 2. The van der Waals surface area contributed by atoms with Crippen molar-refractivity contribution < 1.29 is 18.7 Å². The minimum absolute atomic E-state index is 0.0599. The van der Waals surface area contributed by atoms with E-state index in [2.05, 4.69) is 10.2 Å². The normalized spacial score (nSPS) is 14.8. The average Bonchev–Trinajstić information content (AvgIpc) is 3.22. The van der Waals surface area contributed by atoms with Gasteiger partial charge in [0.25, 0.3) is 11.8 Å². The maximum Gasteiger partial charge on any atom is 0.260 e. The average molecular weight is 391 g/mol. The van der Waals surface area contributed by atoms with E-state index < -0.39 is 5.82 Å². The number of thiophene rings is 1. The van der Waals surface area contributed by atoms with Crippen molar-refractivity contribution in [3.05, 3.63) is 52.5 Å². The minimum atomic E-state index is -0.473. The molecule has 0 unspecified atom stereocenters. The first-order valence-corrected chi connectivity index (χ1v) is 9.75. The predicted octanol–water partition coefficient (Wildman–Crippen LogP) is 1.84. The van der Waals surface area contributed by atoms with Gasteiger partial charge in [0.2, 0.25) is 0 Å². The number of hydrogen-bond acceptors (Lipinski definition) is 5. The Hall–Kier alpha value is -2.45. The Morgan fingerprint density at radius 3 is 2.63 bits per heavy atom. The molecule has 2 amide bonds. The van der Waals surface area contributed by atoms with Crippen molar-refractivity contribution >= 4 is 23.2 Å². The van der Waals surface area contributed by atoms with Gasteiger partial charge in [-0.1, -0.05) is 12.1 Å². The molecule has 27 heavy (non-hydrogen) atoms. The van der Waals surface area contributed by atoms with E-state index in [0.717, 1.165) is 19.6 Å². The van der Waals surface area contributed by atoms with Gasteiger partial charge in [0.05, 0.1) is 0 Å². The van der Waals surface area contributed by atoms with E-state index in [-0.39, 0.29) is 24.2 Å². The number of nitrogens with one attached hydrogen (secondary N) is 1. The molecule has 1 fully saturated rings. The van der Waals surface area contributed by atoms with Crippen LogP contribution in [0, 0.1) is 5.82 Å². The lowest BCUT2D eigenvalue weighted by atomic mass is 10.3. The molecule has 0 atom stereocenters. The lowest BCUT2D eigenvalue weighted by Gasteiger charge is -2.34. The van der Waals surface area contributed by atoms with Gasteiger partial charge in [-0.15, -0.1) is 0 Å². The van der Waals surface area contributed by atoms with E-state index in [1.165, 1.54) is 23.5 Å². The van der Waals surface area contributed by atoms with Crippen LogP contribution in [0.4, 0.5) is 4.39 Å². The van der Waals surface area contributed by atoms with E-state index in [9.17, 15) is 14.0 Å². The van der Waals surface area contributed by atoms with Gasteiger partial charge in [-0.05, 0) is 23.6 Å². The summed E-state index contributed by atoms with van der Waals surface area (Å²) in [6.45, 7) is 3.80. The van der Waals surface area contributed by atoms with Crippen LogP contribution in [0.5, 0.6) is 5.75 Å². The number of para-hydroxylation sites is 1. The highest BCUT2D eigenvalue weighted by molar-refractivity contribution is 7.08. The van der Waals surface area contributed by atoms with Gasteiger partial charge < -0.3 is 15.0 Å². The molecule has 0 saturated carbocycles. The number of benzene rings is 1. The number of hydrogen-bond donors (Lipinski definition) is 1. The van der Waals surface area contributed by atoms with Crippen LogP contribution in [0.1, 0.15) is 10.4 Å². The third kappa shape index (κ3) is 5.51. The Balaban J connectivity index is 1.34. The van der Waals surface area contributed by atoms with Crippen molar-refractivity contribution in [1.29, 1.82) is 0 Å². The van der Waals surface area contributed by atoms with Crippen LogP contribution in [0.3, 0.4) is 0 Å². The zero-order valence-corrected chi connectivity index (χ0v) is 15.7. The topological polar surface area (TPSA) is 61.9 Å². The molecular formula is C19H22FN3O3S. The van der Waals surface area contributed by atoms with E-state index in [0.29, 0.717) is 25.2 Å². The van der Waals surface area contributed by atoms with Crippen molar-refractivity contribution in [2.75, 3.05) is 45.9 Å². The van der Waals surface area contributed by atoms with E-state index in [1.807, 2.05) is 10.8 Å². The first kappa shape index (κ1) is 19.3. The Morgan fingerprint density at radius 1 is 1.15 bits per heavy atom. The molecule has 1 aromatic carbocycles. The summed E-state index contributed by atoms with van der Waals surface area (Å²) in [7, 11) is 0. The standard InChI is InChI=1S/C19H22FN3O3S/c20-16-3-1-2-4-17(16)26-13-18(24)23-10-8-22(9-11-23)7-6-21-19(25)15-5-12-27-14-15/h1-5,12,14H,6-11,13H2,(H,21,25). The molecule has 1 aromatic heterocycles. The fourth-order valence-corrected chi connectivity index (χ4v) is 3.47. The number of nitrogens with zero attached hydrogens (tertiary/aromatic N) is 2. The highest BCUT2D eigenvalue weighted by atomic mass is 32.1. The number of piperazine rings is 1. The summed E-state index contributed by atoms with van der Waals surface area (Å²) in [5, 5.41) is 6.60. The van der Waals surface area contributed by atoms with Gasteiger partial charge in [-0.3, -0.25) is 14.5 Å². The Labute approximate surface area is 161 Å². The summed E-state index contributed by atoms with van der Waals surface area (Å²) >= 11 is 1.50. The van der Waals surface area contributed by atoms with Crippen molar-refractivity contribution in [1.82, 2.24) is 15.1 Å². The van der Waals surface area contributed by atoms with Crippen molar-refractivity contribution in [2.45, 2.75) is 0 Å². The lowest BCUT2D eigenvalue weighted by Crippen LogP contribution is -2.51. The largest absolute Gasteiger partial charge is 0.481 e. The molecule has 1 aliphatic rings. The van der Waals surface area contributed by atoms with Crippen LogP contribution >= 0.6 is 11.3 Å². The molecule has 8 heteroatoms. The highest BCUT2D eigenvalue weighted by Crippen LogP contribution is 2.15. The number of rotatable bonds is 7. The molecule has 144 valence electrons. The van der Waals surface area contributed by atoms with Crippen LogP contribution < -0.4 is 10.1 Å².